The van der Waals surface area contributed by atoms with Crippen molar-refractivity contribution in [2.24, 2.45) is 0 Å². The van der Waals surface area contributed by atoms with Gasteiger partial charge in [0.25, 0.3) is 17.2 Å². The second kappa shape index (κ2) is 7.67. The second-order valence-corrected chi connectivity index (χ2v) is 5.75. The summed E-state index contributed by atoms with van der Waals surface area (Å²) in [5.41, 5.74) is -0.763. The summed E-state index contributed by atoms with van der Waals surface area (Å²) in [5, 5.41) is 13.4. The summed E-state index contributed by atoms with van der Waals surface area (Å²) < 4.78 is 13.4. The standard InChI is InChI=1S/C16H17FN4O4/c1-20(2)14(10-4-3-5-11(17)6-10)9-19-16(23)13-7-12(21(24)25)8-18-15(13)22/h3-8,14H,9H2,1-2H3,(H,18,22)(H,19,23)/p+1/t14-/m0/s1. The minimum Gasteiger partial charge on any atom is -0.346 e. The van der Waals surface area contributed by atoms with E-state index in [1.54, 1.807) is 12.1 Å². The monoisotopic (exact) mass is 349 g/mol. The molecule has 0 fully saturated rings. The van der Waals surface area contributed by atoms with Gasteiger partial charge in [-0.15, -0.1) is 0 Å². The largest absolute Gasteiger partial charge is 0.346 e. The van der Waals surface area contributed by atoms with Crippen molar-refractivity contribution in [3.63, 3.8) is 0 Å². The first-order chi connectivity index (χ1) is 11.8. The normalized spacial score (nSPS) is 12.0. The molecule has 9 heteroatoms. The summed E-state index contributed by atoms with van der Waals surface area (Å²) >= 11 is 0. The maximum Gasteiger partial charge on any atom is 0.286 e. The fraction of sp³-hybridized carbons (Fsp3) is 0.250. The molecule has 0 bridgehead atoms. The number of likely N-dealkylation sites (N-methyl/N-ethyl adjacent to an activating group) is 1. The van der Waals surface area contributed by atoms with Crippen LogP contribution in [0.1, 0.15) is 22.0 Å². The number of nitro groups is 1. The van der Waals surface area contributed by atoms with E-state index in [0.717, 1.165) is 17.2 Å². The van der Waals surface area contributed by atoms with Crippen molar-refractivity contribution in [1.82, 2.24) is 10.3 Å². The lowest BCUT2D eigenvalue weighted by Gasteiger charge is -2.22. The minimum absolute atomic E-state index is 0.132. The van der Waals surface area contributed by atoms with Gasteiger partial charge in [-0.25, -0.2) is 4.39 Å². The van der Waals surface area contributed by atoms with Gasteiger partial charge >= 0.3 is 0 Å². The molecule has 0 saturated heterocycles. The molecule has 1 aromatic carbocycles. The van der Waals surface area contributed by atoms with E-state index < -0.39 is 16.4 Å². The third-order valence-corrected chi connectivity index (χ3v) is 3.76. The van der Waals surface area contributed by atoms with Gasteiger partial charge in [-0.05, 0) is 12.1 Å². The quantitative estimate of drug-likeness (QED) is 0.505. The lowest BCUT2D eigenvalue weighted by molar-refractivity contribution is -0.890. The summed E-state index contributed by atoms with van der Waals surface area (Å²) in [6.07, 6.45) is 0.929. The number of hydrogen-bond acceptors (Lipinski definition) is 4. The van der Waals surface area contributed by atoms with E-state index in [9.17, 15) is 24.1 Å². The Labute approximate surface area is 142 Å². The maximum atomic E-state index is 13.4. The molecule has 0 unspecified atom stereocenters. The lowest BCUT2D eigenvalue weighted by atomic mass is 10.1. The third kappa shape index (κ3) is 4.48. The minimum atomic E-state index is -0.729. The van der Waals surface area contributed by atoms with Crippen LogP contribution in [0.4, 0.5) is 10.1 Å². The molecule has 25 heavy (non-hydrogen) atoms. The Bertz CT molecular complexity index is 850. The molecule has 1 amide bonds. The van der Waals surface area contributed by atoms with Crippen LogP contribution >= 0.6 is 0 Å². The topological polar surface area (TPSA) is 110 Å². The molecular weight excluding hydrogens is 331 g/mol. The molecule has 1 atom stereocenters. The Morgan fingerprint density at radius 1 is 1.40 bits per heavy atom. The summed E-state index contributed by atoms with van der Waals surface area (Å²) in [7, 11) is 3.70. The molecular formula is C16H18FN4O4+. The Balaban J connectivity index is 2.18. The number of hydrogen-bond donors (Lipinski definition) is 3. The zero-order valence-electron chi connectivity index (χ0n) is 13.7. The Morgan fingerprint density at radius 3 is 2.72 bits per heavy atom. The number of H-pyrrole nitrogens is 1. The number of halogens is 1. The van der Waals surface area contributed by atoms with Crippen LogP contribution in [0.3, 0.4) is 0 Å². The predicted octanol–water partition coefficient (Wildman–Crippen LogP) is 0.0378. The number of aromatic amines is 1. The smallest absolute Gasteiger partial charge is 0.286 e. The van der Waals surface area contributed by atoms with Gasteiger partial charge in [0.2, 0.25) is 0 Å². The third-order valence-electron chi connectivity index (χ3n) is 3.76. The van der Waals surface area contributed by atoms with Crippen LogP contribution in [-0.4, -0.2) is 36.5 Å². The maximum absolute atomic E-state index is 13.4. The van der Waals surface area contributed by atoms with Crippen molar-refractivity contribution >= 4 is 11.6 Å². The van der Waals surface area contributed by atoms with Gasteiger partial charge in [-0.1, -0.05) is 12.1 Å². The summed E-state index contributed by atoms with van der Waals surface area (Å²) in [6.45, 7) is 0.132. The Hall–Kier alpha value is -3.07. The van der Waals surface area contributed by atoms with Crippen LogP contribution in [0, 0.1) is 15.9 Å². The fourth-order valence-electron chi connectivity index (χ4n) is 2.42. The first-order valence-corrected chi connectivity index (χ1v) is 7.50. The van der Waals surface area contributed by atoms with Crippen LogP contribution in [0.25, 0.3) is 0 Å². The number of carbonyl (C=O) groups is 1. The zero-order chi connectivity index (χ0) is 18.6. The fourth-order valence-corrected chi connectivity index (χ4v) is 2.42. The van der Waals surface area contributed by atoms with Crippen LogP contribution < -0.4 is 15.8 Å². The van der Waals surface area contributed by atoms with E-state index in [-0.39, 0.29) is 29.7 Å². The number of pyridine rings is 1. The zero-order valence-corrected chi connectivity index (χ0v) is 13.7. The number of aromatic nitrogens is 1. The summed E-state index contributed by atoms with van der Waals surface area (Å²) in [5.74, 6) is -1.11. The lowest BCUT2D eigenvalue weighted by Crippen LogP contribution is -3.07. The first kappa shape index (κ1) is 18.3. The highest BCUT2D eigenvalue weighted by Crippen LogP contribution is 2.12. The second-order valence-electron chi connectivity index (χ2n) is 5.75. The number of carbonyl (C=O) groups excluding carboxylic acids is 1. The van der Waals surface area contributed by atoms with Gasteiger partial charge in [0.15, 0.2) is 0 Å². The molecule has 1 aromatic heterocycles. The van der Waals surface area contributed by atoms with Gasteiger partial charge < -0.3 is 15.2 Å². The number of benzene rings is 1. The van der Waals surface area contributed by atoms with Gasteiger partial charge in [-0.2, -0.15) is 0 Å². The van der Waals surface area contributed by atoms with Crippen molar-refractivity contribution in [3.8, 4) is 0 Å². The molecule has 132 valence electrons. The molecule has 0 aliphatic heterocycles. The molecule has 0 spiro atoms. The molecule has 0 aliphatic rings. The van der Waals surface area contributed by atoms with Crippen molar-refractivity contribution in [2.75, 3.05) is 20.6 Å². The van der Waals surface area contributed by atoms with Crippen LogP contribution in [-0.2, 0) is 0 Å². The van der Waals surface area contributed by atoms with Crippen LogP contribution in [0.5, 0.6) is 0 Å². The molecule has 1 heterocycles. The van der Waals surface area contributed by atoms with Gasteiger partial charge in [0, 0.05) is 11.6 Å². The predicted molar refractivity (Wildman–Crippen MR) is 88.0 cm³/mol. The molecule has 8 nitrogen and oxygen atoms in total. The van der Waals surface area contributed by atoms with E-state index in [4.69, 9.17) is 0 Å². The van der Waals surface area contributed by atoms with Crippen molar-refractivity contribution in [3.05, 3.63) is 73.9 Å². The van der Waals surface area contributed by atoms with E-state index in [0.29, 0.717) is 5.56 Å². The van der Waals surface area contributed by atoms with Gasteiger partial charge in [-0.3, -0.25) is 19.7 Å². The van der Waals surface area contributed by atoms with E-state index >= 15 is 0 Å². The Morgan fingerprint density at radius 2 is 2.12 bits per heavy atom. The van der Waals surface area contributed by atoms with E-state index in [1.807, 2.05) is 14.1 Å². The van der Waals surface area contributed by atoms with Crippen molar-refractivity contribution in [2.45, 2.75) is 6.04 Å². The average Bonchev–Trinajstić information content (AvgIpc) is 2.54. The summed E-state index contributed by atoms with van der Waals surface area (Å²) in [4.78, 5) is 37.1. The first-order valence-electron chi connectivity index (χ1n) is 7.50. The number of rotatable bonds is 6. The highest BCUT2D eigenvalue weighted by Gasteiger charge is 2.21. The van der Waals surface area contributed by atoms with Gasteiger partial charge in [0.1, 0.15) is 17.4 Å². The molecule has 0 aliphatic carbocycles. The molecule has 0 radical (unpaired) electrons. The summed E-state index contributed by atoms with van der Waals surface area (Å²) in [6, 6.07) is 6.70. The van der Waals surface area contributed by atoms with Crippen LogP contribution in [0.2, 0.25) is 0 Å². The highest BCUT2D eigenvalue weighted by atomic mass is 19.1. The molecule has 3 N–H and O–H groups in total. The van der Waals surface area contributed by atoms with Crippen LogP contribution in [0.15, 0.2) is 41.3 Å². The number of quaternary nitrogens is 1. The van der Waals surface area contributed by atoms with Crippen molar-refractivity contribution in [1.29, 1.82) is 0 Å². The highest BCUT2D eigenvalue weighted by molar-refractivity contribution is 5.94. The SMILES string of the molecule is C[NH+](C)[C@@H](CNC(=O)c1cc([N+](=O)[O-])c[nH]c1=O)c1cccc(F)c1. The van der Waals surface area contributed by atoms with Gasteiger partial charge in [0.05, 0.1) is 31.8 Å². The molecule has 2 aromatic rings. The van der Waals surface area contributed by atoms with E-state index in [1.165, 1.54) is 12.1 Å². The number of nitrogens with one attached hydrogen (secondary N) is 3. The number of nitrogens with zero attached hydrogens (tertiary/aromatic N) is 1. The number of amides is 1. The molecule has 0 saturated carbocycles. The average molecular weight is 349 g/mol. The van der Waals surface area contributed by atoms with Crippen molar-refractivity contribution < 1.29 is 19.0 Å². The van der Waals surface area contributed by atoms with E-state index in [2.05, 4.69) is 10.3 Å². The Kier molecular flexibility index (Phi) is 5.60. The molecule has 2 rings (SSSR count).